The van der Waals surface area contributed by atoms with Crippen LogP contribution in [0.1, 0.15) is 19.3 Å². The van der Waals surface area contributed by atoms with E-state index in [1.165, 1.54) is 19.3 Å². The summed E-state index contributed by atoms with van der Waals surface area (Å²) in [6.07, 6.45) is 7.37. The van der Waals surface area contributed by atoms with Gasteiger partial charge in [-0.25, -0.2) is 4.98 Å². The summed E-state index contributed by atoms with van der Waals surface area (Å²) < 4.78 is 5.46. The highest BCUT2D eigenvalue weighted by molar-refractivity contribution is 5.88. The van der Waals surface area contributed by atoms with E-state index in [2.05, 4.69) is 15.2 Å². The number of likely N-dealkylation sites (N-methyl/N-ethyl adjacent to an activating group) is 1. The van der Waals surface area contributed by atoms with E-state index in [4.69, 9.17) is 4.42 Å². The second-order valence-electron chi connectivity index (χ2n) is 4.87. The van der Waals surface area contributed by atoms with Gasteiger partial charge in [0.1, 0.15) is 11.4 Å². The Morgan fingerprint density at radius 2 is 2.39 bits per heavy atom. The van der Waals surface area contributed by atoms with Crippen molar-refractivity contribution in [2.45, 2.75) is 25.3 Å². The molecule has 1 fully saturated rings. The zero-order chi connectivity index (χ0) is 12.4. The number of fused-ring (bicyclic) bond motifs is 1. The third-order valence-electron chi connectivity index (χ3n) is 3.70. The lowest BCUT2D eigenvalue weighted by Crippen LogP contribution is -2.45. The number of hydrogen-bond acceptors (Lipinski definition) is 4. The number of pyridine rings is 1. The predicted octanol–water partition coefficient (Wildman–Crippen LogP) is 2.41. The number of nitrogens with one attached hydrogen (secondary N) is 1. The third-order valence-corrected chi connectivity index (χ3v) is 3.70. The van der Waals surface area contributed by atoms with Crippen LogP contribution in [-0.2, 0) is 0 Å². The molecule has 1 N–H and O–H groups in total. The Bertz CT molecular complexity index is 520. The maximum atomic E-state index is 5.46. The van der Waals surface area contributed by atoms with Gasteiger partial charge in [-0.1, -0.05) is 0 Å². The van der Waals surface area contributed by atoms with Gasteiger partial charge in [0.05, 0.1) is 11.6 Å². The van der Waals surface area contributed by atoms with Crippen LogP contribution < -0.4 is 10.2 Å². The van der Waals surface area contributed by atoms with Gasteiger partial charge in [0.15, 0.2) is 0 Å². The first-order valence-corrected chi connectivity index (χ1v) is 6.63. The molecule has 1 atom stereocenters. The van der Waals surface area contributed by atoms with Crippen molar-refractivity contribution >= 4 is 16.8 Å². The standard InChI is InChI=1S/C14H19N3O/c1-15-10-11-4-2-3-8-17(11)14-12-6-9-18-13(12)5-7-16-14/h5-7,9,11,15H,2-4,8,10H2,1H3. The van der Waals surface area contributed by atoms with Gasteiger partial charge < -0.3 is 14.6 Å². The second kappa shape index (κ2) is 4.98. The summed E-state index contributed by atoms with van der Waals surface area (Å²) in [5.41, 5.74) is 0.925. The third kappa shape index (κ3) is 1.97. The summed E-state index contributed by atoms with van der Waals surface area (Å²) in [6, 6.07) is 4.48. The van der Waals surface area contributed by atoms with E-state index in [-0.39, 0.29) is 0 Å². The lowest BCUT2D eigenvalue weighted by Gasteiger charge is -2.36. The first-order valence-electron chi connectivity index (χ1n) is 6.63. The van der Waals surface area contributed by atoms with E-state index in [1.807, 2.05) is 25.4 Å². The number of hydrogen-bond donors (Lipinski definition) is 1. The monoisotopic (exact) mass is 245 g/mol. The Morgan fingerprint density at radius 1 is 1.44 bits per heavy atom. The molecular weight excluding hydrogens is 226 g/mol. The molecule has 0 spiro atoms. The Kier molecular flexibility index (Phi) is 3.19. The molecule has 2 aromatic heterocycles. The van der Waals surface area contributed by atoms with Crippen molar-refractivity contribution < 1.29 is 4.42 Å². The molecule has 2 aromatic rings. The molecule has 0 saturated carbocycles. The van der Waals surface area contributed by atoms with E-state index in [9.17, 15) is 0 Å². The molecule has 0 amide bonds. The van der Waals surface area contributed by atoms with Gasteiger partial charge >= 0.3 is 0 Å². The highest BCUT2D eigenvalue weighted by atomic mass is 16.3. The molecule has 0 aliphatic carbocycles. The fourth-order valence-electron chi connectivity index (χ4n) is 2.84. The van der Waals surface area contributed by atoms with Crippen molar-refractivity contribution in [2.24, 2.45) is 0 Å². The Balaban J connectivity index is 1.98. The van der Waals surface area contributed by atoms with Gasteiger partial charge in [0.25, 0.3) is 0 Å². The van der Waals surface area contributed by atoms with Gasteiger partial charge in [-0.3, -0.25) is 0 Å². The molecule has 18 heavy (non-hydrogen) atoms. The smallest absolute Gasteiger partial charge is 0.139 e. The number of nitrogens with zero attached hydrogens (tertiary/aromatic N) is 2. The van der Waals surface area contributed by atoms with E-state index >= 15 is 0 Å². The molecular formula is C14H19N3O. The number of aromatic nitrogens is 1. The molecule has 96 valence electrons. The summed E-state index contributed by atoms with van der Waals surface area (Å²) >= 11 is 0. The van der Waals surface area contributed by atoms with Crippen molar-refractivity contribution in [3.63, 3.8) is 0 Å². The minimum atomic E-state index is 0.539. The van der Waals surface area contributed by atoms with Crippen LogP contribution in [0.5, 0.6) is 0 Å². The predicted molar refractivity (Wildman–Crippen MR) is 72.9 cm³/mol. The van der Waals surface area contributed by atoms with Crippen LogP contribution in [-0.4, -0.2) is 31.2 Å². The molecule has 3 rings (SSSR count). The Morgan fingerprint density at radius 3 is 3.28 bits per heavy atom. The van der Waals surface area contributed by atoms with Gasteiger partial charge in [-0.2, -0.15) is 0 Å². The maximum Gasteiger partial charge on any atom is 0.139 e. The van der Waals surface area contributed by atoms with Gasteiger partial charge in [-0.15, -0.1) is 0 Å². The van der Waals surface area contributed by atoms with Gasteiger partial charge in [0.2, 0.25) is 0 Å². The Hall–Kier alpha value is -1.55. The number of furan rings is 1. The van der Waals surface area contributed by atoms with Crippen LogP contribution >= 0.6 is 0 Å². The molecule has 1 aliphatic heterocycles. The van der Waals surface area contributed by atoms with Crippen LogP contribution in [0.3, 0.4) is 0 Å². The lowest BCUT2D eigenvalue weighted by molar-refractivity contribution is 0.444. The fourth-order valence-corrected chi connectivity index (χ4v) is 2.84. The molecule has 4 heteroatoms. The second-order valence-corrected chi connectivity index (χ2v) is 4.87. The van der Waals surface area contributed by atoms with Crippen molar-refractivity contribution in [2.75, 3.05) is 25.0 Å². The van der Waals surface area contributed by atoms with E-state index in [1.54, 1.807) is 6.26 Å². The molecule has 0 radical (unpaired) electrons. The molecule has 4 nitrogen and oxygen atoms in total. The quantitative estimate of drug-likeness (QED) is 0.901. The summed E-state index contributed by atoms with van der Waals surface area (Å²) in [5, 5.41) is 4.41. The summed E-state index contributed by atoms with van der Waals surface area (Å²) in [6.45, 7) is 2.10. The minimum absolute atomic E-state index is 0.539. The topological polar surface area (TPSA) is 41.3 Å². The summed E-state index contributed by atoms with van der Waals surface area (Å²) in [4.78, 5) is 7.00. The van der Waals surface area contributed by atoms with Gasteiger partial charge in [0, 0.05) is 25.3 Å². The van der Waals surface area contributed by atoms with Crippen molar-refractivity contribution in [3.05, 3.63) is 24.6 Å². The van der Waals surface area contributed by atoms with E-state index in [0.717, 1.165) is 29.9 Å². The first-order chi connectivity index (χ1) is 8.90. The van der Waals surface area contributed by atoms with Crippen molar-refractivity contribution in [1.82, 2.24) is 10.3 Å². The van der Waals surface area contributed by atoms with Crippen LogP contribution in [0.25, 0.3) is 11.0 Å². The minimum Gasteiger partial charge on any atom is -0.464 e. The number of anilines is 1. The Labute approximate surface area is 107 Å². The molecule has 1 unspecified atom stereocenters. The zero-order valence-corrected chi connectivity index (χ0v) is 10.7. The SMILES string of the molecule is CNCC1CCCCN1c1nccc2occc12. The molecule has 1 saturated heterocycles. The number of rotatable bonds is 3. The van der Waals surface area contributed by atoms with Crippen LogP contribution in [0.2, 0.25) is 0 Å². The highest BCUT2D eigenvalue weighted by Gasteiger charge is 2.24. The van der Waals surface area contributed by atoms with Crippen molar-refractivity contribution in [1.29, 1.82) is 0 Å². The largest absolute Gasteiger partial charge is 0.464 e. The van der Waals surface area contributed by atoms with E-state index < -0.39 is 0 Å². The highest BCUT2D eigenvalue weighted by Crippen LogP contribution is 2.29. The van der Waals surface area contributed by atoms with Crippen LogP contribution in [0, 0.1) is 0 Å². The zero-order valence-electron chi connectivity index (χ0n) is 10.7. The van der Waals surface area contributed by atoms with E-state index in [0.29, 0.717) is 6.04 Å². The first kappa shape index (κ1) is 11.5. The molecule has 3 heterocycles. The lowest BCUT2D eigenvalue weighted by atomic mass is 10.0. The summed E-state index contributed by atoms with van der Waals surface area (Å²) in [7, 11) is 2.01. The normalized spacial score (nSPS) is 20.5. The van der Waals surface area contributed by atoms with Gasteiger partial charge in [-0.05, 0) is 38.4 Å². The average molecular weight is 245 g/mol. The van der Waals surface area contributed by atoms with Crippen LogP contribution in [0.15, 0.2) is 29.0 Å². The molecule has 1 aliphatic rings. The average Bonchev–Trinajstić information content (AvgIpc) is 2.88. The number of piperidine rings is 1. The molecule has 0 aromatic carbocycles. The maximum absolute atomic E-state index is 5.46. The van der Waals surface area contributed by atoms with Crippen LogP contribution in [0.4, 0.5) is 5.82 Å². The van der Waals surface area contributed by atoms with Crippen molar-refractivity contribution in [3.8, 4) is 0 Å². The molecule has 0 bridgehead atoms. The fraction of sp³-hybridized carbons (Fsp3) is 0.500. The summed E-state index contributed by atoms with van der Waals surface area (Å²) in [5.74, 6) is 1.07.